The quantitative estimate of drug-likeness (QED) is 0.761. The fourth-order valence-corrected chi connectivity index (χ4v) is 2.33. The van der Waals surface area contributed by atoms with Crippen LogP contribution in [-0.2, 0) is 11.2 Å². The summed E-state index contributed by atoms with van der Waals surface area (Å²) in [6.45, 7) is -0.202. The van der Waals surface area contributed by atoms with Crippen molar-refractivity contribution in [3.8, 4) is 0 Å². The summed E-state index contributed by atoms with van der Waals surface area (Å²) in [6, 6.07) is 11.7. The number of fused-ring (bicyclic) bond motifs is 1. The van der Waals surface area contributed by atoms with Crippen molar-refractivity contribution in [2.45, 2.75) is 6.42 Å². The number of carbonyl (C=O) groups is 2. The molecule has 0 aliphatic rings. The molecular formula is C18H14FN3O3. The first-order chi connectivity index (χ1) is 12.0. The molecule has 0 saturated heterocycles. The summed E-state index contributed by atoms with van der Waals surface area (Å²) in [7, 11) is 0. The number of halogens is 1. The van der Waals surface area contributed by atoms with Gasteiger partial charge in [0.05, 0.1) is 6.54 Å². The summed E-state index contributed by atoms with van der Waals surface area (Å²) in [6.07, 6.45) is 1.63. The van der Waals surface area contributed by atoms with Crippen LogP contribution in [0, 0.1) is 5.82 Å². The normalized spacial score (nSPS) is 10.6. The molecule has 0 aliphatic heterocycles. The minimum Gasteiger partial charge on any atom is -0.344 e. The summed E-state index contributed by atoms with van der Waals surface area (Å²) >= 11 is 0. The molecule has 0 radical (unpaired) electrons. The Balaban J connectivity index is 1.65. The van der Waals surface area contributed by atoms with Crippen LogP contribution in [0.4, 0.5) is 4.39 Å². The molecule has 1 N–H and O–H groups in total. The van der Waals surface area contributed by atoms with Gasteiger partial charge in [-0.05, 0) is 29.8 Å². The highest BCUT2D eigenvalue weighted by Gasteiger charge is 2.12. The Morgan fingerprint density at radius 1 is 1.12 bits per heavy atom. The fourth-order valence-electron chi connectivity index (χ4n) is 2.33. The molecule has 0 bridgehead atoms. The van der Waals surface area contributed by atoms with Gasteiger partial charge in [0.25, 0.3) is 11.5 Å². The molecule has 6 nitrogen and oxygen atoms in total. The number of carbonyl (C=O) groups excluding carboxylic acids is 2. The third kappa shape index (κ3) is 3.95. The van der Waals surface area contributed by atoms with Gasteiger partial charge in [-0.15, -0.1) is 0 Å². The average molecular weight is 339 g/mol. The molecule has 25 heavy (non-hydrogen) atoms. The highest BCUT2D eigenvalue weighted by atomic mass is 19.1. The molecule has 1 aromatic carbocycles. The van der Waals surface area contributed by atoms with Gasteiger partial charge >= 0.3 is 0 Å². The summed E-state index contributed by atoms with van der Waals surface area (Å²) in [5.41, 5.74) is 0.569. The van der Waals surface area contributed by atoms with Crippen LogP contribution in [0.15, 0.2) is 59.5 Å². The number of Topliss-reactive ketones (excluding diaryl/α,β-unsaturated/α-hetero) is 1. The lowest BCUT2D eigenvalue weighted by molar-refractivity contribution is -0.117. The zero-order chi connectivity index (χ0) is 17.8. The van der Waals surface area contributed by atoms with Crippen LogP contribution in [0.5, 0.6) is 0 Å². The maximum Gasteiger partial charge on any atom is 0.270 e. The van der Waals surface area contributed by atoms with Crippen molar-refractivity contribution < 1.29 is 14.0 Å². The SMILES string of the molecule is O=C(CNC(=O)c1cc(=O)n2ccccc2n1)Cc1ccc(F)cc1. The standard InChI is InChI=1S/C18H14FN3O3/c19-13-6-4-12(5-7-13)9-14(23)11-20-18(25)15-10-17(24)22-8-2-1-3-16(22)21-15/h1-8,10H,9,11H2,(H,20,25). The number of ketones is 1. The average Bonchev–Trinajstić information content (AvgIpc) is 2.61. The van der Waals surface area contributed by atoms with E-state index in [-0.39, 0.29) is 35.8 Å². The van der Waals surface area contributed by atoms with Gasteiger partial charge < -0.3 is 5.32 Å². The molecule has 0 atom stereocenters. The number of pyridine rings is 1. The van der Waals surface area contributed by atoms with E-state index in [9.17, 15) is 18.8 Å². The van der Waals surface area contributed by atoms with Gasteiger partial charge in [-0.1, -0.05) is 18.2 Å². The van der Waals surface area contributed by atoms with Gasteiger partial charge in [0.15, 0.2) is 5.78 Å². The number of rotatable bonds is 5. The van der Waals surface area contributed by atoms with Crippen LogP contribution in [0.1, 0.15) is 16.1 Å². The molecule has 1 amide bonds. The van der Waals surface area contributed by atoms with E-state index in [0.717, 1.165) is 6.07 Å². The van der Waals surface area contributed by atoms with E-state index >= 15 is 0 Å². The molecule has 0 saturated carbocycles. The van der Waals surface area contributed by atoms with Gasteiger partial charge in [-0.25, -0.2) is 9.37 Å². The third-order valence-corrected chi connectivity index (χ3v) is 3.56. The zero-order valence-corrected chi connectivity index (χ0v) is 13.1. The second-order valence-corrected chi connectivity index (χ2v) is 5.43. The first-order valence-electron chi connectivity index (χ1n) is 7.56. The van der Waals surface area contributed by atoms with Crippen molar-refractivity contribution in [3.63, 3.8) is 0 Å². The van der Waals surface area contributed by atoms with Gasteiger partial charge in [-0.3, -0.25) is 18.8 Å². The largest absolute Gasteiger partial charge is 0.344 e. The first-order valence-corrected chi connectivity index (χ1v) is 7.56. The number of aromatic nitrogens is 2. The molecule has 2 heterocycles. The zero-order valence-electron chi connectivity index (χ0n) is 13.1. The Hall–Kier alpha value is -3.35. The molecule has 2 aromatic heterocycles. The lowest BCUT2D eigenvalue weighted by Gasteiger charge is -2.06. The Kier molecular flexibility index (Phi) is 4.65. The molecule has 126 valence electrons. The van der Waals surface area contributed by atoms with Crippen LogP contribution in [0.3, 0.4) is 0 Å². The molecule has 0 unspecified atom stereocenters. The number of nitrogens with one attached hydrogen (secondary N) is 1. The van der Waals surface area contributed by atoms with Crippen LogP contribution in [0.2, 0.25) is 0 Å². The fraction of sp³-hybridized carbons (Fsp3) is 0.111. The number of nitrogens with zero attached hydrogens (tertiary/aromatic N) is 2. The Morgan fingerprint density at radius 2 is 1.88 bits per heavy atom. The maximum absolute atomic E-state index is 12.8. The Labute approximate surface area is 141 Å². The van der Waals surface area contributed by atoms with E-state index in [1.54, 1.807) is 24.4 Å². The molecule has 0 aliphatic carbocycles. The number of benzene rings is 1. The molecule has 7 heteroatoms. The van der Waals surface area contributed by atoms with Crippen LogP contribution >= 0.6 is 0 Å². The van der Waals surface area contributed by atoms with Crippen molar-refractivity contribution in [2.75, 3.05) is 6.54 Å². The van der Waals surface area contributed by atoms with E-state index in [1.807, 2.05) is 0 Å². The molecule has 3 rings (SSSR count). The predicted octanol–water partition coefficient (Wildman–Crippen LogP) is 1.38. The van der Waals surface area contributed by atoms with Gasteiger partial charge in [0, 0.05) is 18.7 Å². The van der Waals surface area contributed by atoms with Crippen LogP contribution in [-0.4, -0.2) is 27.6 Å². The Bertz CT molecular complexity index is 996. The van der Waals surface area contributed by atoms with Gasteiger partial charge in [0.1, 0.15) is 17.2 Å². The topological polar surface area (TPSA) is 80.5 Å². The lowest BCUT2D eigenvalue weighted by atomic mass is 10.1. The van der Waals surface area contributed by atoms with Crippen molar-refractivity contribution >= 4 is 17.3 Å². The molecular weight excluding hydrogens is 325 g/mol. The monoisotopic (exact) mass is 339 g/mol. The summed E-state index contributed by atoms with van der Waals surface area (Å²) in [4.78, 5) is 40.1. The highest BCUT2D eigenvalue weighted by Crippen LogP contribution is 2.04. The van der Waals surface area contributed by atoms with Crippen LogP contribution < -0.4 is 10.9 Å². The van der Waals surface area contributed by atoms with E-state index in [1.165, 1.54) is 28.7 Å². The molecule has 0 spiro atoms. The predicted molar refractivity (Wildman–Crippen MR) is 88.9 cm³/mol. The van der Waals surface area contributed by atoms with E-state index in [4.69, 9.17) is 0 Å². The van der Waals surface area contributed by atoms with Crippen molar-refractivity contribution in [1.82, 2.24) is 14.7 Å². The van der Waals surface area contributed by atoms with Crippen LogP contribution in [0.25, 0.3) is 5.65 Å². The van der Waals surface area contributed by atoms with Crippen molar-refractivity contribution in [3.05, 3.63) is 82.2 Å². The summed E-state index contributed by atoms with van der Waals surface area (Å²) in [5, 5.41) is 2.45. The van der Waals surface area contributed by atoms with Crippen molar-refractivity contribution in [2.24, 2.45) is 0 Å². The smallest absolute Gasteiger partial charge is 0.270 e. The number of hydrogen-bond donors (Lipinski definition) is 1. The van der Waals surface area contributed by atoms with Gasteiger partial charge in [-0.2, -0.15) is 0 Å². The second-order valence-electron chi connectivity index (χ2n) is 5.43. The minimum absolute atomic E-state index is 0.0502. The number of hydrogen-bond acceptors (Lipinski definition) is 4. The molecule has 0 fully saturated rings. The maximum atomic E-state index is 12.8. The second kappa shape index (κ2) is 7.04. The summed E-state index contributed by atoms with van der Waals surface area (Å²) < 4.78 is 14.1. The first kappa shape index (κ1) is 16.5. The third-order valence-electron chi connectivity index (χ3n) is 3.56. The lowest BCUT2D eigenvalue weighted by Crippen LogP contribution is -2.32. The Morgan fingerprint density at radius 3 is 2.64 bits per heavy atom. The number of amides is 1. The van der Waals surface area contributed by atoms with E-state index < -0.39 is 5.91 Å². The summed E-state index contributed by atoms with van der Waals surface area (Å²) in [5.74, 6) is -1.22. The minimum atomic E-state index is -0.601. The van der Waals surface area contributed by atoms with Crippen molar-refractivity contribution in [1.29, 1.82) is 0 Å². The van der Waals surface area contributed by atoms with Gasteiger partial charge in [0.2, 0.25) is 0 Å². The molecule has 3 aromatic rings. The van der Waals surface area contributed by atoms with E-state index in [0.29, 0.717) is 11.2 Å². The van der Waals surface area contributed by atoms with E-state index in [2.05, 4.69) is 10.3 Å². The highest BCUT2D eigenvalue weighted by molar-refractivity contribution is 5.95.